The Bertz CT molecular complexity index is 212. The minimum absolute atomic E-state index is 0.528. The van der Waals surface area contributed by atoms with Gasteiger partial charge < -0.3 is 0 Å². The van der Waals surface area contributed by atoms with E-state index in [2.05, 4.69) is 5.10 Å². The normalized spacial score (nSPS) is 10.8. The highest BCUT2D eigenvalue weighted by Gasteiger charge is 2.05. The average molecular weight is 165 g/mol. The predicted molar refractivity (Wildman–Crippen MR) is 33.5 cm³/mol. The molecule has 3 nitrogen and oxygen atoms in total. The lowest BCUT2D eigenvalue weighted by Crippen LogP contribution is -1.96. The second-order valence-corrected chi connectivity index (χ2v) is 2.26. The highest BCUT2D eigenvalue weighted by Crippen LogP contribution is 2.14. The summed E-state index contributed by atoms with van der Waals surface area (Å²) in [5.74, 6) is 0. The van der Waals surface area contributed by atoms with E-state index in [1.807, 2.05) is 0 Å². The van der Waals surface area contributed by atoms with Crippen LogP contribution in [0.2, 0.25) is 0 Å². The molecular weight excluding hydrogens is 160 g/mol. The van der Waals surface area contributed by atoms with Crippen LogP contribution in [0, 0.1) is 0 Å². The Morgan fingerprint density at radius 1 is 1.70 bits per heavy atom. The van der Waals surface area contributed by atoms with E-state index in [1.165, 1.54) is 12.4 Å². The highest BCUT2D eigenvalue weighted by molar-refractivity contribution is 7.97. The van der Waals surface area contributed by atoms with Crippen LogP contribution in [0.3, 0.4) is 0 Å². The standard InChI is InChI=1S/C4H5F2N3S/c5-4(6)9-2-3(10-7)1-8-9/h1-2,4H,7H2. The molecule has 1 heterocycles. The SMILES string of the molecule is NSc1cnn(C(F)F)c1. The Labute approximate surface area is 60.3 Å². The maximum Gasteiger partial charge on any atom is 0.333 e. The zero-order valence-corrected chi connectivity index (χ0v) is 5.68. The lowest BCUT2D eigenvalue weighted by Gasteiger charge is -1.94. The molecule has 0 spiro atoms. The van der Waals surface area contributed by atoms with Gasteiger partial charge in [-0.3, -0.25) is 5.14 Å². The van der Waals surface area contributed by atoms with Gasteiger partial charge in [0.2, 0.25) is 0 Å². The molecule has 0 atom stereocenters. The molecule has 1 aromatic rings. The number of aromatic nitrogens is 2. The number of rotatable bonds is 2. The summed E-state index contributed by atoms with van der Waals surface area (Å²) in [7, 11) is 0. The molecule has 0 aliphatic carbocycles. The molecule has 0 unspecified atom stereocenters. The van der Waals surface area contributed by atoms with Gasteiger partial charge in [0.15, 0.2) is 0 Å². The first kappa shape index (κ1) is 7.49. The van der Waals surface area contributed by atoms with Gasteiger partial charge in [-0.15, -0.1) is 0 Å². The Morgan fingerprint density at radius 3 is 2.70 bits per heavy atom. The Balaban J connectivity index is 2.78. The van der Waals surface area contributed by atoms with Crippen molar-refractivity contribution in [3.05, 3.63) is 12.4 Å². The number of hydrogen-bond donors (Lipinski definition) is 1. The molecule has 56 valence electrons. The molecule has 1 rings (SSSR count). The summed E-state index contributed by atoms with van der Waals surface area (Å²) in [6.07, 6.45) is 2.48. The van der Waals surface area contributed by atoms with Crippen LogP contribution in [0.1, 0.15) is 6.55 Å². The Kier molecular flexibility index (Phi) is 2.23. The van der Waals surface area contributed by atoms with Gasteiger partial charge in [0.05, 0.1) is 11.1 Å². The van der Waals surface area contributed by atoms with E-state index in [0.29, 0.717) is 9.58 Å². The fourth-order valence-corrected chi connectivity index (χ4v) is 0.765. The Hall–Kier alpha value is -0.620. The predicted octanol–water partition coefficient (Wildman–Crippen LogP) is 1.24. The molecule has 0 saturated heterocycles. The first-order chi connectivity index (χ1) is 4.74. The van der Waals surface area contributed by atoms with Crippen molar-refractivity contribution >= 4 is 11.9 Å². The van der Waals surface area contributed by atoms with Crippen molar-refractivity contribution in [2.24, 2.45) is 5.14 Å². The molecule has 0 aliphatic rings. The minimum Gasteiger partial charge on any atom is -0.273 e. The number of halogens is 2. The minimum atomic E-state index is -2.58. The van der Waals surface area contributed by atoms with E-state index in [1.54, 1.807) is 0 Å². The van der Waals surface area contributed by atoms with Crippen molar-refractivity contribution in [3.8, 4) is 0 Å². The fraction of sp³-hybridized carbons (Fsp3) is 0.250. The first-order valence-electron chi connectivity index (χ1n) is 2.43. The first-order valence-corrected chi connectivity index (χ1v) is 3.31. The van der Waals surface area contributed by atoms with Gasteiger partial charge in [0.1, 0.15) is 0 Å². The molecule has 0 aromatic carbocycles. The van der Waals surface area contributed by atoms with Crippen LogP contribution in [-0.4, -0.2) is 9.78 Å². The van der Waals surface area contributed by atoms with Crippen LogP contribution in [0.5, 0.6) is 0 Å². The molecule has 0 fully saturated rings. The molecule has 0 radical (unpaired) electrons. The molecule has 10 heavy (non-hydrogen) atoms. The van der Waals surface area contributed by atoms with E-state index in [0.717, 1.165) is 11.9 Å². The summed E-state index contributed by atoms with van der Waals surface area (Å²) in [6.45, 7) is -2.58. The molecular formula is C4H5F2N3S. The van der Waals surface area contributed by atoms with Crippen LogP contribution < -0.4 is 5.14 Å². The zero-order valence-electron chi connectivity index (χ0n) is 4.87. The third-order valence-electron chi connectivity index (χ3n) is 0.914. The molecule has 1 aromatic heterocycles. The number of hydrogen-bond acceptors (Lipinski definition) is 3. The summed E-state index contributed by atoms with van der Waals surface area (Å²) < 4.78 is 24.1. The van der Waals surface area contributed by atoms with Crippen molar-refractivity contribution in [2.75, 3.05) is 0 Å². The van der Waals surface area contributed by atoms with E-state index in [9.17, 15) is 8.78 Å². The third-order valence-corrected chi connectivity index (χ3v) is 1.40. The van der Waals surface area contributed by atoms with Gasteiger partial charge in [-0.2, -0.15) is 13.9 Å². The van der Waals surface area contributed by atoms with Crippen LogP contribution in [0.4, 0.5) is 8.78 Å². The number of nitrogens with two attached hydrogens (primary N) is 1. The van der Waals surface area contributed by atoms with Crippen molar-refractivity contribution in [1.29, 1.82) is 0 Å². The van der Waals surface area contributed by atoms with Gasteiger partial charge in [0.25, 0.3) is 0 Å². The summed E-state index contributed by atoms with van der Waals surface area (Å²) >= 11 is 0.890. The fourth-order valence-electron chi connectivity index (χ4n) is 0.488. The molecule has 2 N–H and O–H groups in total. The van der Waals surface area contributed by atoms with Gasteiger partial charge >= 0.3 is 6.55 Å². The van der Waals surface area contributed by atoms with Crippen molar-refractivity contribution in [3.63, 3.8) is 0 Å². The smallest absolute Gasteiger partial charge is 0.273 e. The molecule has 0 amide bonds. The second kappa shape index (κ2) is 2.98. The van der Waals surface area contributed by atoms with E-state index >= 15 is 0 Å². The van der Waals surface area contributed by atoms with Crippen molar-refractivity contribution in [1.82, 2.24) is 9.78 Å². The van der Waals surface area contributed by atoms with E-state index < -0.39 is 6.55 Å². The van der Waals surface area contributed by atoms with Gasteiger partial charge in [-0.05, 0) is 11.9 Å². The van der Waals surface area contributed by atoms with E-state index in [-0.39, 0.29) is 0 Å². The van der Waals surface area contributed by atoms with Gasteiger partial charge in [-0.1, -0.05) is 0 Å². The summed E-state index contributed by atoms with van der Waals surface area (Å²) in [5, 5.41) is 8.43. The molecule has 0 saturated carbocycles. The lowest BCUT2D eigenvalue weighted by molar-refractivity contribution is 0.0564. The Morgan fingerprint density at radius 2 is 2.40 bits per heavy atom. The topological polar surface area (TPSA) is 43.8 Å². The number of alkyl halides is 2. The second-order valence-electron chi connectivity index (χ2n) is 1.55. The largest absolute Gasteiger partial charge is 0.333 e. The molecule has 0 bridgehead atoms. The van der Waals surface area contributed by atoms with Crippen LogP contribution in [0.25, 0.3) is 0 Å². The summed E-state index contributed by atoms with van der Waals surface area (Å²) in [6, 6.07) is 0. The van der Waals surface area contributed by atoms with Crippen molar-refractivity contribution in [2.45, 2.75) is 11.4 Å². The van der Waals surface area contributed by atoms with Crippen molar-refractivity contribution < 1.29 is 8.78 Å². The van der Waals surface area contributed by atoms with E-state index in [4.69, 9.17) is 5.14 Å². The van der Waals surface area contributed by atoms with Crippen LogP contribution in [0.15, 0.2) is 17.3 Å². The molecule has 6 heteroatoms. The summed E-state index contributed by atoms with van der Waals surface area (Å²) in [4.78, 5) is 0.528. The maximum atomic E-state index is 11.8. The monoisotopic (exact) mass is 165 g/mol. The average Bonchev–Trinajstić information content (AvgIpc) is 2.34. The van der Waals surface area contributed by atoms with Gasteiger partial charge in [0, 0.05) is 6.20 Å². The lowest BCUT2D eigenvalue weighted by atomic mass is 10.7. The third kappa shape index (κ3) is 1.45. The maximum absolute atomic E-state index is 11.8. The molecule has 0 aliphatic heterocycles. The van der Waals surface area contributed by atoms with Crippen LogP contribution in [-0.2, 0) is 0 Å². The quantitative estimate of drug-likeness (QED) is 0.670. The summed E-state index contributed by atoms with van der Waals surface area (Å²) in [5.41, 5.74) is 0. The number of nitrogens with zero attached hydrogens (tertiary/aromatic N) is 2. The highest BCUT2D eigenvalue weighted by atomic mass is 32.2. The zero-order chi connectivity index (χ0) is 7.56. The van der Waals surface area contributed by atoms with Gasteiger partial charge in [-0.25, -0.2) is 4.68 Å². The van der Waals surface area contributed by atoms with Crippen LogP contribution >= 0.6 is 11.9 Å².